The number of benzene rings is 6. The van der Waals surface area contributed by atoms with Gasteiger partial charge in [-0.1, -0.05) is 134 Å². The fourth-order valence-electron chi connectivity index (χ4n) is 4.96. The van der Waals surface area contributed by atoms with Gasteiger partial charge in [0.25, 0.3) is 0 Å². The van der Waals surface area contributed by atoms with Crippen molar-refractivity contribution in [2.75, 3.05) is 14.2 Å². The Bertz CT molecular complexity index is 1700. The van der Waals surface area contributed by atoms with Crippen molar-refractivity contribution in [3.63, 3.8) is 0 Å². The van der Waals surface area contributed by atoms with E-state index in [1.54, 1.807) is 14.2 Å². The van der Waals surface area contributed by atoms with Crippen molar-refractivity contribution in [2.45, 2.75) is 27.7 Å². The summed E-state index contributed by atoms with van der Waals surface area (Å²) in [6.07, 6.45) is 0. The Balaban J connectivity index is 0.000000174. The van der Waals surface area contributed by atoms with E-state index in [4.69, 9.17) is 9.47 Å². The molecule has 0 aliphatic carbocycles. The third-order valence-electron chi connectivity index (χ3n) is 6.90. The summed E-state index contributed by atoms with van der Waals surface area (Å²) < 4.78 is 10.9. The monoisotopic (exact) mass is 526 g/mol. The van der Waals surface area contributed by atoms with Crippen LogP contribution in [0.3, 0.4) is 0 Å². The van der Waals surface area contributed by atoms with Gasteiger partial charge in [0.1, 0.15) is 11.5 Å². The summed E-state index contributed by atoms with van der Waals surface area (Å²) >= 11 is 0. The summed E-state index contributed by atoms with van der Waals surface area (Å²) in [5.74, 6) is 1.85. The van der Waals surface area contributed by atoms with Crippen LogP contribution in [0.2, 0.25) is 0 Å². The van der Waals surface area contributed by atoms with Crippen LogP contribution in [0.15, 0.2) is 121 Å². The smallest absolute Gasteiger partial charge is 0.126 e. The van der Waals surface area contributed by atoms with Crippen molar-refractivity contribution < 1.29 is 9.47 Å². The molecule has 0 fully saturated rings. The first kappa shape index (κ1) is 28.4. The van der Waals surface area contributed by atoms with Crippen LogP contribution in [0, 0.1) is 13.8 Å². The van der Waals surface area contributed by atoms with E-state index in [2.05, 4.69) is 111 Å². The fourth-order valence-corrected chi connectivity index (χ4v) is 4.96. The number of rotatable bonds is 4. The third-order valence-corrected chi connectivity index (χ3v) is 6.90. The normalized spacial score (nSPS) is 10.2. The first-order valence-electron chi connectivity index (χ1n) is 13.8. The lowest BCUT2D eigenvalue weighted by Gasteiger charge is -2.11. The van der Waals surface area contributed by atoms with Gasteiger partial charge in [0.05, 0.1) is 14.2 Å². The molecule has 6 rings (SSSR count). The minimum absolute atomic E-state index is 0.923. The van der Waals surface area contributed by atoms with E-state index in [1.807, 2.05) is 38.1 Å². The van der Waals surface area contributed by atoms with E-state index in [1.165, 1.54) is 44.2 Å². The second-order valence-electron chi connectivity index (χ2n) is 9.46. The average molecular weight is 527 g/mol. The minimum atomic E-state index is 0.923. The molecule has 2 heteroatoms. The van der Waals surface area contributed by atoms with Crippen LogP contribution in [0.5, 0.6) is 11.5 Å². The van der Waals surface area contributed by atoms with Gasteiger partial charge >= 0.3 is 0 Å². The Kier molecular flexibility index (Phi) is 9.59. The second kappa shape index (κ2) is 13.5. The van der Waals surface area contributed by atoms with Crippen LogP contribution in [0.25, 0.3) is 43.8 Å². The quantitative estimate of drug-likeness (QED) is 0.227. The van der Waals surface area contributed by atoms with Gasteiger partial charge in [0.15, 0.2) is 0 Å². The van der Waals surface area contributed by atoms with E-state index >= 15 is 0 Å². The van der Waals surface area contributed by atoms with Gasteiger partial charge in [-0.25, -0.2) is 0 Å². The van der Waals surface area contributed by atoms with Gasteiger partial charge in [-0.3, -0.25) is 0 Å². The summed E-state index contributed by atoms with van der Waals surface area (Å²) in [6, 6.07) is 42.3. The van der Waals surface area contributed by atoms with Gasteiger partial charge in [-0.15, -0.1) is 0 Å². The van der Waals surface area contributed by atoms with Gasteiger partial charge in [0, 0.05) is 10.8 Å². The molecule has 6 aromatic carbocycles. The summed E-state index contributed by atoms with van der Waals surface area (Å²) in [6.45, 7) is 8.23. The van der Waals surface area contributed by atoms with Gasteiger partial charge in [-0.2, -0.15) is 0 Å². The molecule has 0 aliphatic rings. The molecule has 0 heterocycles. The van der Waals surface area contributed by atoms with Crippen molar-refractivity contribution in [3.05, 3.63) is 132 Å². The Morgan fingerprint density at radius 3 is 1.57 bits per heavy atom. The van der Waals surface area contributed by atoms with Gasteiger partial charge < -0.3 is 9.47 Å². The average Bonchev–Trinajstić information content (AvgIpc) is 3.01. The van der Waals surface area contributed by atoms with E-state index < -0.39 is 0 Å². The van der Waals surface area contributed by atoms with Crippen LogP contribution in [0.4, 0.5) is 0 Å². The lowest BCUT2D eigenvalue weighted by atomic mass is 9.97. The van der Waals surface area contributed by atoms with Crippen molar-refractivity contribution in [1.29, 1.82) is 0 Å². The molecule has 2 nitrogen and oxygen atoms in total. The molecule has 0 bridgehead atoms. The number of hydrogen-bond acceptors (Lipinski definition) is 2. The number of methoxy groups -OCH3 is 2. The topological polar surface area (TPSA) is 18.5 Å². The highest BCUT2D eigenvalue weighted by molar-refractivity contribution is 6.01. The standard InChI is InChI=1S/2C18H16O.C2H6/c1-13-9-11-14(12-10-13)15-5-3-7-17-16(15)6-4-8-18(17)19-2;1-13-6-5-7-14(12-13)15-10-11-18(19-2)17-9-4-3-8-16(15)17;1-2/h2*3-12H,1-2H3;1-2H3. The summed E-state index contributed by atoms with van der Waals surface area (Å²) in [7, 11) is 3.43. The maximum atomic E-state index is 5.44. The molecular weight excluding hydrogens is 488 g/mol. The zero-order chi connectivity index (χ0) is 28.5. The van der Waals surface area contributed by atoms with Crippen LogP contribution >= 0.6 is 0 Å². The zero-order valence-corrected chi connectivity index (χ0v) is 24.4. The van der Waals surface area contributed by atoms with Gasteiger partial charge in [0.2, 0.25) is 0 Å². The Morgan fingerprint density at radius 1 is 0.400 bits per heavy atom. The summed E-state index contributed by atoms with van der Waals surface area (Å²) in [5.41, 5.74) is 7.54. The highest BCUT2D eigenvalue weighted by atomic mass is 16.5. The van der Waals surface area contributed by atoms with Crippen molar-refractivity contribution >= 4 is 21.5 Å². The van der Waals surface area contributed by atoms with Crippen LogP contribution < -0.4 is 9.47 Å². The highest BCUT2D eigenvalue weighted by Crippen LogP contribution is 2.35. The molecule has 0 radical (unpaired) electrons. The van der Waals surface area contributed by atoms with E-state index in [-0.39, 0.29) is 0 Å². The Labute approximate surface area is 238 Å². The molecule has 0 amide bonds. The molecule has 202 valence electrons. The third kappa shape index (κ3) is 6.18. The molecule has 0 N–H and O–H groups in total. The first-order valence-corrected chi connectivity index (χ1v) is 13.8. The number of fused-ring (bicyclic) bond motifs is 2. The molecule has 40 heavy (non-hydrogen) atoms. The predicted octanol–water partition coefficient (Wildman–Crippen LogP) is 10.7. The zero-order valence-electron chi connectivity index (χ0n) is 24.4. The first-order chi connectivity index (χ1) is 19.6. The number of ether oxygens (including phenoxy) is 2. The predicted molar refractivity (Wildman–Crippen MR) is 173 cm³/mol. The second-order valence-corrected chi connectivity index (χ2v) is 9.46. The molecule has 0 aromatic heterocycles. The molecular formula is C38H38O2. The van der Waals surface area contributed by atoms with Crippen LogP contribution in [-0.2, 0) is 0 Å². The minimum Gasteiger partial charge on any atom is -0.496 e. The lowest BCUT2D eigenvalue weighted by Crippen LogP contribution is -1.87. The molecule has 0 atom stereocenters. The Morgan fingerprint density at radius 2 is 0.925 bits per heavy atom. The number of aryl methyl sites for hydroxylation is 2. The van der Waals surface area contributed by atoms with E-state index in [0.717, 1.165) is 22.3 Å². The maximum Gasteiger partial charge on any atom is 0.126 e. The SMILES string of the molecule is CC.COc1ccc(-c2cccc(C)c2)c2ccccc12.COc1cccc2c(-c3ccc(C)cc3)cccc12. The largest absolute Gasteiger partial charge is 0.496 e. The van der Waals surface area contributed by atoms with Crippen molar-refractivity contribution in [2.24, 2.45) is 0 Å². The van der Waals surface area contributed by atoms with Gasteiger partial charge in [-0.05, 0) is 59.0 Å². The van der Waals surface area contributed by atoms with Crippen LogP contribution in [0.1, 0.15) is 25.0 Å². The molecule has 0 aliphatic heterocycles. The lowest BCUT2D eigenvalue weighted by molar-refractivity contribution is 0.420. The summed E-state index contributed by atoms with van der Waals surface area (Å²) in [5, 5.41) is 4.77. The molecule has 0 spiro atoms. The maximum absolute atomic E-state index is 5.44. The number of hydrogen-bond donors (Lipinski definition) is 0. The van der Waals surface area contributed by atoms with Crippen molar-refractivity contribution in [1.82, 2.24) is 0 Å². The molecule has 0 saturated carbocycles. The molecule has 0 unspecified atom stereocenters. The molecule has 6 aromatic rings. The van der Waals surface area contributed by atoms with E-state index in [9.17, 15) is 0 Å². The summed E-state index contributed by atoms with van der Waals surface area (Å²) in [4.78, 5) is 0. The highest BCUT2D eigenvalue weighted by Gasteiger charge is 2.08. The Hall–Kier alpha value is -4.56. The van der Waals surface area contributed by atoms with E-state index in [0.29, 0.717) is 0 Å². The van der Waals surface area contributed by atoms with Crippen molar-refractivity contribution in [3.8, 4) is 33.8 Å². The fraction of sp³-hybridized carbons (Fsp3) is 0.158. The van der Waals surface area contributed by atoms with Crippen LogP contribution in [-0.4, -0.2) is 14.2 Å². The molecule has 0 saturated heterocycles.